The molecule has 0 amide bonds. The van der Waals surface area contributed by atoms with E-state index in [1.165, 1.54) is 11.6 Å². The Labute approximate surface area is 142 Å². The molecule has 0 N–H and O–H groups in total. The molecule has 4 rings (SSSR count). The highest BCUT2D eigenvalue weighted by atomic mass is 19.4. The molecule has 0 fully saturated rings. The Kier molecular flexibility index (Phi) is 3.76. The quantitative estimate of drug-likeness (QED) is 0.712. The standard InChI is InChI=1S/C18H17F3N4/c1-24-14(8-12-4-2-3-5-16(12)24)10-25-7-6-13-9-22-17(18(19,20)21)23-15(13)11-25/h2-5,8-9H,6-7,10-11H2,1H3. The van der Waals surface area contributed by atoms with Gasteiger partial charge in [0, 0.05) is 44.1 Å². The van der Waals surface area contributed by atoms with Gasteiger partial charge in [-0.2, -0.15) is 13.2 Å². The molecule has 0 aliphatic carbocycles. The molecular formula is C18H17F3N4. The smallest absolute Gasteiger partial charge is 0.346 e. The molecule has 0 bridgehead atoms. The van der Waals surface area contributed by atoms with Crippen molar-refractivity contribution in [2.45, 2.75) is 25.7 Å². The van der Waals surface area contributed by atoms with Crippen LogP contribution in [0.25, 0.3) is 10.9 Å². The van der Waals surface area contributed by atoms with Crippen molar-refractivity contribution in [3.05, 3.63) is 59.3 Å². The summed E-state index contributed by atoms with van der Waals surface area (Å²) in [6.07, 6.45) is -2.52. The topological polar surface area (TPSA) is 34.0 Å². The zero-order valence-electron chi connectivity index (χ0n) is 13.7. The van der Waals surface area contributed by atoms with Gasteiger partial charge in [-0.15, -0.1) is 0 Å². The van der Waals surface area contributed by atoms with Crippen LogP contribution in [0.15, 0.2) is 36.5 Å². The molecular weight excluding hydrogens is 329 g/mol. The van der Waals surface area contributed by atoms with E-state index >= 15 is 0 Å². The minimum Gasteiger partial charge on any atom is -0.346 e. The summed E-state index contributed by atoms with van der Waals surface area (Å²) in [5.74, 6) is -1.06. The second kappa shape index (κ2) is 5.84. The molecule has 1 aliphatic rings. The molecule has 0 radical (unpaired) electrons. The number of nitrogens with zero attached hydrogens (tertiary/aromatic N) is 4. The van der Waals surface area contributed by atoms with Crippen LogP contribution in [-0.4, -0.2) is 26.0 Å². The maximum atomic E-state index is 12.8. The number of aromatic nitrogens is 3. The third-order valence-corrected chi connectivity index (χ3v) is 4.72. The summed E-state index contributed by atoms with van der Waals surface area (Å²) in [5.41, 5.74) is 3.57. The Morgan fingerprint density at radius 3 is 2.76 bits per heavy atom. The molecule has 0 saturated heterocycles. The average molecular weight is 346 g/mol. The molecule has 2 aromatic heterocycles. The van der Waals surface area contributed by atoms with E-state index in [-0.39, 0.29) is 0 Å². The van der Waals surface area contributed by atoms with Crippen molar-refractivity contribution in [2.75, 3.05) is 6.54 Å². The van der Waals surface area contributed by atoms with Gasteiger partial charge < -0.3 is 4.57 Å². The predicted octanol–water partition coefficient (Wildman–Crippen LogP) is 3.55. The van der Waals surface area contributed by atoms with Gasteiger partial charge in [-0.25, -0.2) is 9.97 Å². The van der Waals surface area contributed by atoms with Crippen molar-refractivity contribution in [3.8, 4) is 0 Å². The van der Waals surface area contributed by atoms with Gasteiger partial charge in [0.15, 0.2) is 0 Å². The highest BCUT2D eigenvalue weighted by molar-refractivity contribution is 5.81. The molecule has 0 saturated carbocycles. The normalized spacial score (nSPS) is 15.5. The minimum absolute atomic E-state index is 0.405. The first-order valence-electron chi connectivity index (χ1n) is 8.09. The van der Waals surface area contributed by atoms with E-state index < -0.39 is 12.0 Å². The number of halogens is 3. The van der Waals surface area contributed by atoms with Crippen LogP contribution in [0.1, 0.15) is 22.8 Å². The summed E-state index contributed by atoms with van der Waals surface area (Å²) in [7, 11) is 2.01. The van der Waals surface area contributed by atoms with Crippen LogP contribution >= 0.6 is 0 Å². The highest BCUT2D eigenvalue weighted by Gasteiger charge is 2.35. The highest BCUT2D eigenvalue weighted by Crippen LogP contribution is 2.28. The molecule has 3 aromatic rings. The fourth-order valence-corrected chi connectivity index (χ4v) is 3.36. The summed E-state index contributed by atoms with van der Waals surface area (Å²) in [6, 6.07) is 10.3. The first kappa shape index (κ1) is 16.1. The van der Waals surface area contributed by atoms with Crippen LogP contribution in [0, 0.1) is 0 Å². The summed E-state index contributed by atoms with van der Waals surface area (Å²) in [5, 5.41) is 1.17. The van der Waals surface area contributed by atoms with Crippen molar-refractivity contribution >= 4 is 10.9 Å². The second-order valence-corrected chi connectivity index (χ2v) is 6.38. The van der Waals surface area contributed by atoms with Gasteiger partial charge in [-0.3, -0.25) is 4.90 Å². The lowest BCUT2D eigenvalue weighted by Crippen LogP contribution is -2.32. The van der Waals surface area contributed by atoms with E-state index in [0.717, 1.165) is 23.3 Å². The van der Waals surface area contributed by atoms with Crippen molar-refractivity contribution in [1.82, 2.24) is 19.4 Å². The largest absolute Gasteiger partial charge is 0.451 e. The summed E-state index contributed by atoms with van der Waals surface area (Å²) < 4.78 is 40.6. The minimum atomic E-state index is -4.51. The number of benzene rings is 1. The molecule has 130 valence electrons. The van der Waals surface area contributed by atoms with Gasteiger partial charge in [0.1, 0.15) is 0 Å². The summed E-state index contributed by atoms with van der Waals surface area (Å²) >= 11 is 0. The van der Waals surface area contributed by atoms with Gasteiger partial charge in [0.25, 0.3) is 0 Å². The van der Waals surface area contributed by atoms with E-state index in [1.807, 2.05) is 19.2 Å². The van der Waals surface area contributed by atoms with E-state index in [1.54, 1.807) is 0 Å². The molecule has 1 aromatic carbocycles. The van der Waals surface area contributed by atoms with Crippen LogP contribution in [0.3, 0.4) is 0 Å². The van der Waals surface area contributed by atoms with Gasteiger partial charge in [-0.05, 0) is 29.5 Å². The maximum Gasteiger partial charge on any atom is 0.451 e. The van der Waals surface area contributed by atoms with E-state index in [0.29, 0.717) is 25.2 Å². The first-order chi connectivity index (χ1) is 11.9. The lowest BCUT2D eigenvalue weighted by Gasteiger charge is -2.28. The summed E-state index contributed by atoms with van der Waals surface area (Å²) in [6.45, 7) is 1.86. The molecule has 0 spiro atoms. The van der Waals surface area contributed by atoms with Gasteiger partial charge in [0.2, 0.25) is 5.82 Å². The zero-order chi connectivity index (χ0) is 17.6. The lowest BCUT2D eigenvalue weighted by molar-refractivity contribution is -0.145. The molecule has 7 heteroatoms. The Balaban J connectivity index is 1.58. The summed E-state index contributed by atoms with van der Waals surface area (Å²) in [4.78, 5) is 9.34. The van der Waals surface area contributed by atoms with E-state index in [4.69, 9.17) is 0 Å². The molecule has 0 atom stereocenters. The van der Waals surface area contributed by atoms with Crippen LogP contribution in [0.2, 0.25) is 0 Å². The van der Waals surface area contributed by atoms with Crippen molar-refractivity contribution in [3.63, 3.8) is 0 Å². The van der Waals surface area contributed by atoms with Gasteiger partial charge in [0.05, 0.1) is 5.69 Å². The third-order valence-electron chi connectivity index (χ3n) is 4.72. The number of alkyl halides is 3. The zero-order valence-corrected chi connectivity index (χ0v) is 13.7. The fraction of sp³-hybridized carbons (Fsp3) is 0.333. The maximum absolute atomic E-state index is 12.8. The monoisotopic (exact) mass is 346 g/mol. The lowest BCUT2D eigenvalue weighted by atomic mass is 10.1. The Bertz CT molecular complexity index is 930. The predicted molar refractivity (Wildman–Crippen MR) is 87.8 cm³/mol. The SMILES string of the molecule is Cn1c(CN2CCc3cnc(C(F)(F)F)nc3C2)cc2ccccc21. The van der Waals surface area contributed by atoms with Crippen LogP contribution in [0.4, 0.5) is 13.2 Å². The third kappa shape index (κ3) is 3.00. The molecule has 4 nitrogen and oxygen atoms in total. The number of hydrogen-bond acceptors (Lipinski definition) is 3. The van der Waals surface area contributed by atoms with Crippen LogP contribution in [0.5, 0.6) is 0 Å². The van der Waals surface area contributed by atoms with Gasteiger partial charge >= 0.3 is 6.18 Å². The first-order valence-corrected chi connectivity index (χ1v) is 8.09. The number of fused-ring (bicyclic) bond motifs is 2. The number of para-hydroxylation sites is 1. The van der Waals surface area contributed by atoms with Crippen molar-refractivity contribution in [1.29, 1.82) is 0 Å². The number of rotatable bonds is 2. The number of aryl methyl sites for hydroxylation is 1. The van der Waals surface area contributed by atoms with Crippen LogP contribution < -0.4 is 0 Å². The van der Waals surface area contributed by atoms with Crippen LogP contribution in [-0.2, 0) is 32.7 Å². The van der Waals surface area contributed by atoms with Crippen molar-refractivity contribution < 1.29 is 13.2 Å². The Morgan fingerprint density at radius 2 is 2.00 bits per heavy atom. The molecule has 1 aliphatic heterocycles. The number of hydrogen-bond donors (Lipinski definition) is 0. The van der Waals surface area contributed by atoms with E-state index in [9.17, 15) is 13.2 Å². The fourth-order valence-electron chi connectivity index (χ4n) is 3.36. The second-order valence-electron chi connectivity index (χ2n) is 6.38. The Morgan fingerprint density at radius 1 is 1.20 bits per heavy atom. The van der Waals surface area contributed by atoms with Crippen molar-refractivity contribution in [2.24, 2.45) is 7.05 Å². The Hall–Kier alpha value is -2.41. The molecule has 0 unspecified atom stereocenters. The molecule has 25 heavy (non-hydrogen) atoms. The van der Waals surface area contributed by atoms with Gasteiger partial charge in [-0.1, -0.05) is 18.2 Å². The molecule has 3 heterocycles. The van der Waals surface area contributed by atoms with E-state index in [2.05, 4.69) is 37.6 Å². The average Bonchev–Trinajstić information content (AvgIpc) is 2.90.